The summed E-state index contributed by atoms with van der Waals surface area (Å²) < 4.78 is 37.4. The van der Waals surface area contributed by atoms with Crippen molar-refractivity contribution in [3.05, 3.63) is 0 Å². The highest BCUT2D eigenvalue weighted by Crippen LogP contribution is 2.27. The maximum atomic E-state index is 15.0. The van der Waals surface area contributed by atoms with Crippen molar-refractivity contribution in [2.75, 3.05) is 330 Å². The minimum Gasteiger partial charge on any atom is -0.390 e. The van der Waals surface area contributed by atoms with Gasteiger partial charge in [-0.3, -0.25) is 96.0 Å². The third-order valence-corrected chi connectivity index (χ3v) is 24.6. The van der Waals surface area contributed by atoms with Crippen molar-refractivity contribution in [2.24, 2.45) is 28.9 Å². The smallest absolute Gasteiger partial charge is 0.242 e. The highest BCUT2D eigenvalue weighted by molar-refractivity contribution is 8.00. The molecule has 0 radical (unpaired) electrons. The number of ether oxygens (including phenoxy) is 7. The number of hydrogen-bond acceptors (Lipinski definition) is 31. The lowest BCUT2D eigenvalue weighted by Gasteiger charge is -2.33. The fraction of sp³-hybridized carbons (Fsp3) is 0.787. The zero-order valence-electron chi connectivity index (χ0n) is 82.4. The summed E-state index contributed by atoms with van der Waals surface area (Å²) in [5, 5.41) is 12.4. The molecule has 19 amide bonds. The number of imide groups is 1. The van der Waals surface area contributed by atoms with Gasteiger partial charge in [-0.1, -0.05) is 20.3 Å². The molecule has 4 aliphatic heterocycles. The van der Waals surface area contributed by atoms with E-state index in [9.17, 15) is 91.4 Å². The number of hydrogen-bond donors (Lipinski definition) is 6. The Morgan fingerprint density at radius 3 is 0.935 bits per heavy atom. The van der Waals surface area contributed by atoms with Crippen molar-refractivity contribution in [2.45, 2.75) is 122 Å². The molecule has 4 fully saturated rings. The van der Waals surface area contributed by atoms with Gasteiger partial charge in [0.1, 0.15) is 0 Å². The Kier molecular flexibility index (Phi) is 59.5. The van der Waals surface area contributed by atoms with Crippen LogP contribution in [0.25, 0.3) is 0 Å². The largest absolute Gasteiger partial charge is 0.390 e. The molecule has 4 saturated heterocycles. The van der Waals surface area contributed by atoms with E-state index in [1.807, 2.05) is 13.8 Å². The molecule has 138 heavy (non-hydrogen) atoms. The van der Waals surface area contributed by atoms with Gasteiger partial charge in [-0.25, -0.2) is 0 Å². The molecule has 2 atom stereocenters. The first-order chi connectivity index (χ1) is 66.1. The normalized spacial score (nSPS) is 14.4. The second kappa shape index (κ2) is 68.2. The van der Waals surface area contributed by atoms with Gasteiger partial charge in [0.2, 0.25) is 112 Å². The monoisotopic (exact) mass is 1980 g/mol. The van der Waals surface area contributed by atoms with Crippen LogP contribution >= 0.6 is 11.8 Å². The first-order valence-corrected chi connectivity index (χ1v) is 48.6. The number of nitrogens with zero attached hydrogens (tertiary/aromatic N) is 16. The molecule has 48 nitrogen and oxygen atoms in total. The molecule has 4 heterocycles. The van der Waals surface area contributed by atoms with Gasteiger partial charge < -0.3 is 140 Å². The third-order valence-electron chi connectivity index (χ3n) is 23.2. The molecular formula is C89H155N21O27S. The number of methoxy groups -OCH3 is 6. The third kappa shape index (κ3) is 45.5. The fourth-order valence-corrected chi connectivity index (χ4v) is 16.5. The number of primary amides is 1. The number of carbonyl (C=O) groups excluding carboxylic acids is 19. The van der Waals surface area contributed by atoms with Gasteiger partial charge in [-0.2, -0.15) is 0 Å². The molecule has 10 N–H and O–H groups in total. The Morgan fingerprint density at radius 2 is 0.659 bits per heavy atom. The number of carbonyl (C=O) groups is 19. The van der Waals surface area contributed by atoms with Gasteiger partial charge in [-0.15, -0.1) is 11.8 Å². The maximum absolute atomic E-state index is 15.0. The zero-order chi connectivity index (χ0) is 102. The Hall–Kier alpha value is -9.96. The lowest BCUT2D eigenvalue weighted by atomic mass is 10.1. The predicted molar refractivity (Wildman–Crippen MR) is 503 cm³/mol. The SMILES string of the molecule is COCCN(CC(N)=O)C(=O)CN(CCCN1CCCC1=O)C(=O)CN(CCOC)C(=O)CN(CCN)C(=O)CN(CCOC)C(=O)CN(CCCN1CCCC1=O)C(=O)CN(CCOC)C(=O)CN(CCN)C(=O)CN(CCOC)C(=O)CN(CCCN1CCCC1=O)C(=O)CN(CCOC)C(=O)CN(CCN)C(=O)CCCCCNC(=O)CCN1C(=O)CC(SCC(O)COCC(C)C)C1=O. The van der Waals surface area contributed by atoms with Crippen LogP contribution in [0.3, 0.4) is 0 Å². The highest BCUT2D eigenvalue weighted by atomic mass is 32.2. The number of rotatable bonds is 76. The number of aliphatic hydroxyl groups is 1. The van der Waals surface area contributed by atoms with Crippen LogP contribution in [0.4, 0.5) is 0 Å². The van der Waals surface area contributed by atoms with Crippen molar-refractivity contribution >= 4 is 124 Å². The zero-order valence-corrected chi connectivity index (χ0v) is 83.2. The van der Waals surface area contributed by atoms with Crippen molar-refractivity contribution in [1.82, 2.24) is 83.7 Å². The first-order valence-electron chi connectivity index (χ1n) is 47.6. The summed E-state index contributed by atoms with van der Waals surface area (Å²) in [7, 11) is 8.21. The lowest BCUT2D eigenvalue weighted by Crippen LogP contribution is -2.54. The summed E-state index contributed by atoms with van der Waals surface area (Å²) in [5.41, 5.74) is 23.6. The van der Waals surface area contributed by atoms with Crippen LogP contribution in [-0.2, 0) is 124 Å². The number of likely N-dealkylation sites (tertiary alicyclic amines) is 4. The molecule has 49 heteroatoms. The molecule has 0 aromatic carbocycles. The van der Waals surface area contributed by atoms with E-state index in [1.165, 1.54) is 74.0 Å². The van der Waals surface area contributed by atoms with Crippen LogP contribution in [0.15, 0.2) is 0 Å². The predicted octanol–water partition coefficient (Wildman–Crippen LogP) is -6.83. The summed E-state index contributed by atoms with van der Waals surface area (Å²) in [4.78, 5) is 283. The van der Waals surface area contributed by atoms with E-state index in [2.05, 4.69) is 5.32 Å². The number of nitrogens with one attached hydrogen (secondary N) is 1. The van der Waals surface area contributed by atoms with Gasteiger partial charge in [-0.05, 0) is 57.3 Å². The molecule has 4 aliphatic rings. The van der Waals surface area contributed by atoms with Crippen molar-refractivity contribution in [3.63, 3.8) is 0 Å². The molecule has 0 aromatic rings. The summed E-state index contributed by atoms with van der Waals surface area (Å²) in [5.74, 6) is -10.4. The molecule has 0 saturated carbocycles. The quantitative estimate of drug-likeness (QED) is 0.0243. The second-order valence-electron chi connectivity index (χ2n) is 34.5. The Morgan fingerprint density at radius 1 is 0.370 bits per heavy atom. The Balaban J connectivity index is 1.52. The summed E-state index contributed by atoms with van der Waals surface area (Å²) in [6, 6.07) is 0. The number of unbranched alkanes of at least 4 members (excludes halogenated alkanes) is 2. The van der Waals surface area contributed by atoms with E-state index in [4.69, 9.17) is 56.1 Å². The minimum absolute atomic E-state index is 0.00604. The molecule has 0 aromatic heterocycles. The van der Waals surface area contributed by atoms with Crippen molar-refractivity contribution < 1.29 is 129 Å². The molecule has 0 spiro atoms. The highest BCUT2D eigenvalue weighted by Gasteiger charge is 2.40. The molecule has 2 unspecified atom stereocenters. The van der Waals surface area contributed by atoms with Crippen LogP contribution < -0.4 is 28.3 Å². The maximum Gasteiger partial charge on any atom is 0.242 e. The van der Waals surface area contributed by atoms with Gasteiger partial charge in [0.25, 0.3) is 0 Å². The molecular weight excluding hydrogens is 1830 g/mol. The van der Waals surface area contributed by atoms with E-state index in [1.54, 1.807) is 14.7 Å². The van der Waals surface area contributed by atoms with Crippen molar-refractivity contribution in [3.8, 4) is 0 Å². The number of amides is 19. The first kappa shape index (κ1) is 120. The van der Waals surface area contributed by atoms with E-state index >= 15 is 4.79 Å². The molecule has 784 valence electrons. The average Bonchev–Trinajstić information content (AvgIpc) is 1.70. The summed E-state index contributed by atoms with van der Waals surface area (Å²) >= 11 is 1.17. The number of aliphatic hydroxyl groups excluding tert-OH is 1. The van der Waals surface area contributed by atoms with E-state index < -0.39 is 178 Å². The van der Waals surface area contributed by atoms with Crippen molar-refractivity contribution in [1.29, 1.82) is 0 Å². The second-order valence-corrected chi connectivity index (χ2v) is 35.7. The summed E-state index contributed by atoms with van der Waals surface area (Å²) in [6.07, 6.45) is 3.79. The number of thioether (sulfide) groups is 1. The van der Waals surface area contributed by atoms with Gasteiger partial charge in [0.15, 0.2) is 0 Å². The molecule has 4 rings (SSSR count). The van der Waals surface area contributed by atoms with Crippen LogP contribution in [0.5, 0.6) is 0 Å². The lowest BCUT2D eigenvalue weighted by molar-refractivity contribution is -0.149. The van der Waals surface area contributed by atoms with Crippen LogP contribution in [0.2, 0.25) is 0 Å². The van der Waals surface area contributed by atoms with Crippen LogP contribution in [0, 0.1) is 5.92 Å². The van der Waals surface area contributed by atoms with Gasteiger partial charge >= 0.3 is 0 Å². The Labute approximate surface area is 814 Å². The van der Waals surface area contributed by atoms with Gasteiger partial charge in [0.05, 0.1) is 136 Å². The molecule has 0 bridgehead atoms. The van der Waals surface area contributed by atoms with E-state index in [-0.39, 0.29) is 251 Å². The average molecular weight is 1980 g/mol. The van der Waals surface area contributed by atoms with E-state index in [0.29, 0.717) is 84.0 Å². The van der Waals surface area contributed by atoms with Gasteiger partial charge in [0, 0.05) is 244 Å². The van der Waals surface area contributed by atoms with E-state index in [0.717, 1.165) is 44.1 Å². The van der Waals surface area contributed by atoms with Crippen LogP contribution in [0.1, 0.15) is 110 Å². The fourth-order valence-electron chi connectivity index (χ4n) is 15.4. The summed E-state index contributed by atoms with van der Waals surface area (Å²) in [6.45, 7) is -3.62. The molecule has 0 aliphatic carbocycles. The Bertz CT molecular complexity index is 3880. The van der Waals surface area contributed by atoms with Crippen LogP contribution in [-0.4, -0.2) is 537 Å². The minimum atomic E-state index is -0.816. The standard InChI is InChI=1S/C89H155N21O27S/c1-68(2)65-137-66-69(111)67-138-70-52-77(118)110(89(70)130)36-22-72(113)94-26-11-9-10-18-76(117)101(37-23-90)57-86(127)105(41-47-132-4)60-79(120)99(34-16-31-96-28-13-20-74(96)115)55-84(125)108(44-50-135-7)63-82(123)103(39-25-92)59-88(129)107(43-49-134-6)62-80(121)100(35-17-32-97-29-14-21-75(97)116)56-85(126)109(45-51-136-8)64-81(122)102(38-24-91)58-87(128)106(42-48-133-5)61-78(119)98(33-15-30-95-27-12-19-73(95)114)54-83(124)104(40-46-131-3)53-71(93)112/h68-70,111H,9-67,90-92H2,1-8H3,(H2,93,112)(H,94,113). The topological polar surface area (TPSA) is 577 Å². The number of nitrogens with two attached hydrogens (primary N) is 4.